The first-order valence-electron chi connectivity index (χ1n) is 9.86. The van der Waals surface area contributed by atoms with Crippen LogP contribution in [0.5, 0.6) is 0 Å². The zero-order chi connectivity index (χ0) is 23.2. The van der Waals surface area contributed by atoms with Gasteiger partial charge in [0.1, 0.15) is 17.1 Å². The average molecular weight is 449 g/mol. The zero-order valence-electron chi connectivity index (χ0n) is 17.4. The number of carbonyl (C=O) groups excluding carboxylic acids is 1. The molecule has 0 radical (unpaired) electrons. The Balaban J connectivity index is 1.90. The van der Waals surface area contributed by atoms with Gasteiger partial charge in [0.05, 0.1) is 24.3 Å². The smallest absolute Gasteiger partial charge is 0.418 e. The normalized spacial score (nSPS) is 14.1. The van der Waals surface area contributed by atoms with Crippen molar-refractivity contribution in [2.24, 2.45) is 5.92 Å². The molecule has 0 spiro atoms. The second-order valence-electron chi connectivity index (χ2n) is 7.41. The van der Waals surface area contributed by atoms with Gasteiger partial charge in [-0.3, -0.25) is 4.79 Å². The Bertz CT molecular complexity index is 1310. The van der Waals surface area contributed by atoms with Crippen molar-refractivity contribution >= 4 is 28.0 Å². The van der Waals surface area contributed by atoms with E-state index in [2.05, 4.69) is 19.9 Å². The first-order valence-corrected chi connectivity index (χ1v) is 9.86. The number of alkyl halides is 3. The summed E-state index contributed by atoms with van der Waals surface area (Å²) in [4.78, 5) is 27.5. The standard InChI is InChI=1S/C21H19F4N5O2/c1-4-32-20(31)10(2)11(3)30-9-16(21(23,24)25)15-8-28-18(29-19(15)30)14-7-27-17-13(14)5-12(22)6-26-17/h5-11H,4H2,1-3H3,(H,26,27)/t10-,11-/m1/s1. The van der Waals surface area contributed by atoms with Crippen LogP contribution in [0.3, 0.4) is 0 Å². The monoisotopic (exact) mass is 449 g/mol. The van der Waals surface area contributed by atoms with Crippen molar-refractivity contribution in [2.75, 3.05) is 6.61 Å². The number of H-pyrrole nitrogens is 1. The summed E-state index contributed by atoms with van der Waals surface area (Å²) >= 11 is 0. The number of pyridine rings is 1. The molecule has 0 aliphatic rings. The number of aromatic amines is 1. The number of hydrogen-bond acceptors (Lipinski definition) is 5. The molecule has 7 nitrogen and oxygen atoms in total. The van der Waals surface area contributed by atoms with E-state index in [-0.39, 0.29) is 23.5 Å². The number of nitrogens with one attached hydrogen (secondary N) is 1. The van der Waals surface area contributed by atoms with Crippen molar-refractivity contribution in [2.45, 2.75) is 33.0 Å². The highest BCUT2D eigenvalue weighted by atomic mass is 19.4. The fourth-order valence-electron chi connectivity index (χ4n) is 3.57. The van der Waals surface area contributed by atoms with E-state index >= 15 is 0 Å². The SMILES string of the molecule is CCOC(=O)[C@H](C)[C@@H](C)n1cc(C(F)(F)F)c2cnc(-c3c[nH]c4ncc(F)cc34)nc21. The minimum Gasteiger partial charge on any atom is -0.466 e. The lowest BCUT2D eigenvalue weighted by molar-refractivity contribution is -0.148. The molecule has 0 aromatic carbocycles. The molecule has 0 saturated carbocycles. The van der Waals surface area contributed by atoms with E-state index in [0.29, 0.717) is 16.6 Å². The van der Waals surface area contributed by atoms with Gasteiger partial charge in [0, 0.05) is 41.0 Å². The Labute approximate surface area is 179 Å². The Kier molecular flexibility index (Phi) is 5.35. The Morgan fingerprint density at radius 1 is 1.22 bits per heavy atom. The van der Waals surface area contributed by atoms with Gasteiger partial charge in [-0.2, -0.15) is 13.2 Å². The van der Waals surface area contributed by atoms with E-state index in [1.165, 1.54) is 16.8 Å². The Morgan fingerprint density at radius 3 is 2.66 bits per heavy atom. The van der Waals surface area contributed by atoms with Crippen LogP contribution in [0.1, 0.15) is 32.4 Å². The largest absolute Gasteiger partial charge is 0.466 e. The number of halogens is 4. The van der Waals surface area contributed by atoms with Gasteiger partial charge in [-0.05, 0) is 26.8 Å². The third-order valence-corrected chi connectivity index (χ3v) is 5.44. The van der Waals surface area contributed by atoms with Crippen molar-refractivity contribution in [1.29, 1.82) is 0 Å². The summed E-state index contributed by atoms with van der Waals surface area (Å²) in [5, 5.41) is 0.194. The molecule has 168 valence electrons. The van der Waals surface area contributed by atoms with Crippen LogP contribution in [0.15, 0.2) is 30.9 Å². The minimum absolute atomic E-state index is 0.00434. The molecule has 4 heterocycles. The van der Waals surface area contributed by atoms with Crippen molar-refractivity contribution in [3.05, 3.63) is 42.2 Å². The summed E-state index contributed by atoms with van der Waals surface area (Å²) in [6.07, 6.45) is -0.0634. The molecule has 2 atom stereocenters. The number of esters is 1. The lowest BCUT2D eigenvalue weighted by atomic mass is 10.0. The number of carbonyl (C=O) groups is 1. The molecular formula is C21H19F4N5O2. The Hall–Kier alpha value is -3.50. The van der Waals surface area contributed by atoms with Crippen LogP contribution in [0.25, 0.3) is 33.5 Å². The molecule has 0 aliphatic carbocycles. The van der Waals surface area contributed by atoms with Crippen molar-refractivity contribution in [3.63, 3.8) is 0 Å². The van der Waals surface area contributed by atoms with Crippen LogP contribution in [0, 0.1) is 11.7 Å². The molecule has 0 aliphatic heterocycles. The Morgan fingerprint density at radius 2 is 1.97 bits per heavy atom. The summed E-state index contributed by atoms with van der Waals surface area (Å²) in [7, 11) is 0. The number of hydrogen-bond donors (Lipinski definition) is 1. The number of aromatic nitrogens is 5. The number of rotatable bonds is 5. The van der Waals surface area contributed by atoms with E-state index < -0.39 is 35.5 Å². The minimum atomic E-state index is -4.64. The topological polar surface area (TPSA) is 85.7 Å². The van der Waals surface area contributed by atoms with E-state index in [0.717, 1.165) is 18.6 Å². The maximum absolute atomic E-state index is 13.7. The molecule has 4 rings (SSSR count). The van der Waals surface area contributed by atoms with Gasteiger partial charge >= 0.3 is 12.1 Å². The molecular weight excluding hydrogens is 430 g/mol. The van der Waals surface area contributed by atoms with Gasteiger partial charge in [-0.25, -0.2) is 19.3 Å². The third-order valence-electron chi connectivity index (χ3n) is 5.44. The van der Waals surface area contributed by atoms with Gasteiger partial charge in [0.15, 0.2) is 5.82 Å². The van der Waals surface area contributed by atoms with Gasteiger partial charge in [0.25, 0.3) is 0 Å². The quantitative estimate of drug-likeness (QED) is 0.346. The van der Waals surface area contributed by atoms with E-state index in [1.807, 2.05) is 0 Å². The molecule has 4 aromatic rings. The van der Waals surface area contributed by atoms with Gasteiger partial charge in [-0.1, -0.05) is 0 Å². The molecule has 11 heteroatoms. The van der Waals surface area contributed by atoms with Crippen LogP contribution in [-0.4, -0.2) is 37.1 Å². The second kappa shape index (κ2) is 7.88. The molecule has 32 heavy (non-hydrogen) atoms. The maximum Gasteiger partial charge on any atom is 0.418 e. The number of nitrogens with zero attached hydrogens (tertiary/aromatic N) is 4. The van der Waals surface area contributed by atoms with Crippen molar-refractivity contribution in [1.82, 2.24) is 24.5 Å². The maximum atomic E-state index is 13.7. The predicted octanol–water partition coefficient (Wildman–Crippen LogP) is 4.89. The second-order valence-corrected chi connectivity index (χ2v) is 7.41. The fourth-order valence-corrected chi connectivity index (χ4v) is 3.57. The molecule has 1 N–H and O–H groups in total. The van der Waals surface area contributed by atoms with Crippen molar-refractivity contribution < 1.29 is 27.1 Å². The highest BCUT2D eigenvalue weighted by Gasteiger charge is 2.37. The van der Waals surface area contributed by atoms with E-state index in [1.54, 1.807) is 20.8 Å². The molecule has 0 fully saturated rings. The third kappa shape index (κ3) is 3.67. The highest BCUT2D eigenvalue weighted by molar-refractivity contribution is 5.93. The average Bonchev–Trinajstić information content (AvgIpc) is 3.33. The lowest BCUT2D eigenvalue weighted by Crippen LogP contribution is -2.24. The molecule has 0 saturated heterocycles. The van der Waals surface area contributed by atoms with Crippen LogP contribution in [-0.2, 0) is 15.7 Å². The lowest BCUT2D eigenvalue weighted by Gasteiger charge is -2.20. The summed E-state index contributed by atoms with van der Waals surface area (Å²) < 4.78 is 61.1. The van der Waals surface area contributed by atoms with Gasteiger partial charge in [0.2, 0.25) is 0 Å². The molecule has 0 bridgehead atoms. The summed E-state index contributed by atoms with van der Waals surface area (Å²) in [6, 6.07) is 0.561. The number of ether oxygens (including phenoxy) is 1. The zero-order valence-corrected chi connectivity index (χ0v) is 17.4. The fraction of sp³-hybridized carbons (Fsp3) is 0.333. The summed E-state index contributed by atoms with van der Waals surface area (Å²) in [6.45, 7) is 5.01. The summed E-state index contributed by atoms with van der Waals surface area (Å²) in [5.41, 5.74) is -0.125. The van der Waals surface area contributed by atoms with Gasteiger partial charge in [-0.15, -0.1) is 0 Å². The van der Waals surface area contributed by atoms with E-state index in [9.17, 15) is 22.4 Å². The molecule has 4 aromatic heterocycles. The van der Waals surface area contributed by atoms with Gasteiger partial charge < -0.3 is 14.3 Å². The van der Waals surface area contributed by atoms with Crippen LogP contribution in [0.2, 0.25) is 0 Å². The van der Waals surface area contributed by atoms with Crippen LogP contribution >= 0.6 is 0 Å². The van der Waals surface area contributed by atoms with Crippen LogP contribution in [0.4, 0.5) is 17.6 Å². The first kappa shape index (κ1) is 21.7. The highest BCUT2D eigenvalue weighted by Crippen LogP contribution is 2.38. The number of fused-ring (bicyclic) bond motifs is 2. The predicted molar refractivity (Wildman–Crippen MR) is 108 cm³/mol. The molecule has 0 unspecified atom stereocenters. The van der Waals surface area contributed by atoms with Crippen LogP contribution < -0.4 is 0 Å². The van der Waals surface area contributed by atoms with E-state index in [4.69, 9.17) is 4.74 Å². The summed E-state index contributed by atoms with van der Waals surface area (Å²) in [5.74, 6) is -1.72. The first-order chi connectivity index (χ1) is 15.1. The van der Waals surface area contributed by atoms with Crippen molar-refractivity contribution in [3.8, 4) is 11.4 Å². The molecule has 0 amide bonds.